The van der Waals surface area contributed by atoms with Gasteiger partial charge in [-0.25, -0.2) is 0 Å². The van der Waals surface area contributed by atoms with E-state index in [4.69, 9.17) is 18.9 Å². The van der Waals surface area contributed by atoms with Gasteiger partial charge in [-0.2, -0.15) is 0 Å². The third-order valence-electron chi connectivity index (χ3n) is 2.48. The van der Waals surface area contributed by atoms with Crippen molar-refractivity contribution in [3.05, 3.63) is 0 Å². The van der Waals surface area contributed by atoms with Crippen LogP contribution in [-0.4, -0.2) is 71.6 Å². The van der Waals surface area contributed by atoms with E-state index < -0.39 is 0 Å². The first-order valence-corrected chi connectivity index (χ1v) is 7.83. The van der Waals surface area contributed by atoms with Gasteiger partial charge in [0.1, 0.15) is 0 Å². The van der Waals surface area contributed by atoms with E-state index >= 15 is 0 Å². The van der Waals surface area contributed by atoms with Crippen molar-refractivity contribution in [3.63, 3.8) is 0 Å². The molecule has 0 aliphatic rings. The molecule has 0 atom stereocenters. The molecule has 0 saturated heterocycles. The van der Waals surface area contributed by atoms with Gasteiger partial charge in [0, 0.05) is 25.2 Å². The third kappa shape index (κ3) is 19.8. The van der Waals surface area contributed by atoms with E-state index in [0.717, 1.165) is 19.7 Å². The molecule has 0 bridgehead atoms. The summed E-state index contributed by atoms with van der Waals surface area (Å²) in [6.07, 6.45) is 0. The molecule has 0 rings (SSSR count). The van der Waals surface area contributed by atoms with E-state index in [-0.39, 0.29) is 5.54 Å². The Morgan fingerprint density at radius 3 is 1.90 bits per heavy atom. The lowest BCUT2D eigenvalue weighted by atomic mass is 10.1. The lowest BCUT2D eigenvalue weighted by Crippen LogP contribution is -2.38. The number of hydrogen-bond donors (Lipinski definition) is 2. The minimum Gasteiger partial charge on any atom is -0.379 e. The molecule has 0 aromatic rings. The smallest absolute Gasteiger partial charge is 0.0967 e. The van der Waals surface area contributed by atoms with Crippen LogP contribution < -0.4 is 10.6 Å². The van der Waals surface area contributed by atoms with Gasteiger partial charge in [0.15, 0.2) is 0 Å². The van der Waals surface area contributed by atoms with E-state index in [9.17, 15) is 0 Å². The number of ether oxygens (including phenoxy) is 4. The molecule has 21 heavy (non-hydrogen) atoms. The number of nitrogens with one attached hydrogen (secondary N) is 2. The summed E-state index contributed by atoms with van der Waals surface area (Å²) in [6.45, 7) is 15.2. The molecule has 6 heteroatoms. The van der Waals surface area contributed by atoms with Gasteiger partial charge in [0.2, 0.25) is 0 Å². The van der Waals surface area contributed by atoms with Crippen molar-refractivity contribution in [2.75, 3.05) is 66.1 Å². The zero-order valence-electron chi connectivity index (χ0n) is 14.2. The molecular weight excluding hydrogens is 272 g/mol. The molecule has 128 valence electrons. The normalized spacial score (nSPS) is 12.0. The average Bonchev–Trinajstić information content (AvgIpc) is 2.42. The van der Waals surface area contributed by atoms with E-state index in [1.54, 1.807) is 0 Å². The van der Waals surface area contributed by atoms with Gasteiger partial charge in [-0.1, -0.05) is 0 Å². The lowest BCUT2D eigenvalue weighted by Gasteiger charge is -2.20. The Morgan fingerprint density at radius 1 is 0.714 bits per heavy atom. The second-order valence-corrected chi connectivity index (χ2v) is 5.65. The minimum atomic E-state index is 0.147. The molecule has 0 aromatic carbocycles. The first kappa shape index (κ1) is 20.8. The molecule has 0 saturated carbocycles. The highest BCUT2D eigenvalue weighted by Crippen LogP contribution is 1.96. The zero-order valence-corrected chi connectivity index (χ0v) is 14.2. The van der Waals surface area contributed by atoms with E-state index in [0.29, 0.717) is 46.4 Å². The Kier molecular flexibility index (Phi) is 14.5. The van der Waals surface area contributed by atoms with Crippen molar-refractivity contribution in [1.82, 2.24) is 10.6 Å². The van der Waals surface area contributed by atoms with Crippen molar-refractivity contribution < 1.29 is 18.9 Å². The zero-order chi connectivity index (χ0) is 15.8. The van der Waals surface area contributed by atoms with Crippen molar-refractivity contribution >= 4 is 0 Å². The fraction of sp³-hybridized carbons (Fsp3) is 1.00. The molecule has 0 fully saturated rings. The maximum Gasteiger partial charge on any atom is 0.0967 e. The standard InChI is InChI=1S/C15H34N2O4/c1-5-18-10-11-19-8-6-16-14-21-13-12-20-9-7-17-15(2,3)4/h16-17H,5-14H2,1-4H3. The summed E-state index contributed by atoms with van der Waals surface area (Å²) >= 11 is 0. The first-order chi connectivity index (χ1) is 10.1. The Labute approximate surface area is 129 Å². The summed E-state index contributed by atoms with van der Waals surface area (Å²) in [5, 5.41) is 6.51. The average molecular weight is 306 g/mol. The highest BCUT2D eigenvalue weighted by Gasteiger charge is 2.06. The van der Waals surface area contributed by atoms with Crippen LogP contribution in [0.3, 0.4) is 0 Å². The van der Waals surface area contributed by atoms with E-state index in [1.807, 2.05) is 6.92 Å². The van der Waals surface area contributed by atoms with Crippen molar-refractivity contribution in [2.45, 2.75) is 33.2 Å². The molecule has 0 aliphatic heterocycles. The number of hydrogen-bond acceptors (Lipinski definition) is 6. The van der Waals surface area contributed by atoms with Crippen LogP contribution in [-0.2, 0) is 18.9 Å². The van der Waals surface area contributed by atoms with Crippen LogP contribution in [0.1, 0.15) is 27.7 Å². The summed E-state index contributed by atoms with van der Waals surface area (Å²) in [5.74, 6) is 0. The van der Waals surface area contributed by atoms with E-state index in [2.05, 4.69) is 31.4 Å². The lowest BCUT2D eigenvalue weighted by molar-refractivity contribution is 0.0315. The van der Waals surface area contributed by atoms with Crippen LogP contribution in [0, 0.1) is 0 Å². The van der Waals surface area contributed by atoms with Crippen LogP contribution in [0.25, 0.3) is 0 Å². The molecule has 0 aliphatic carbocycles. The summed E-state index contributed by atoms with van der Waals surface area (Å²) in [5.41, 5.74) is 0.147. The van der Waals surface area contributed by atoms with Gasteiger partial charge in [-0.15, -0.1) is 0 Å². The molecule has 0 heterocycles. The Hall–Kier alpha value is -0.240. The Balaban J connectivity index is 3.00. The van der Waals surface area contributed by atoms with Crippen LogP contribution in [0.5, 0.6) is 0 Å². The van der Waals surface area contributed by atoms with Crippen LogP contribution >= 0.6 is 0 Å². The van der Waals surface area contributed by atoms with Crippen molar-refractivity contribution in [3.8, 4) is 0 Å². The van der Waals surface area contributed by atoms with Gasteiger partial charge in [-0.05, 0) is 27.7 Å². The summed E-state index contributed by atoms with van der Waals surface area (Å²) in [4.78, 5) is 0. The fourth-order valence-electron chi connectivity index (χ4n) is 1.44. The second kappa shape index (κ2) is 14.7. The van der Waals surface area contributed by atoms with Crippen LogP contribution in [0.4, 0.5) is 0 Å². The quantitative estimate of drug-likeness (QED) is 0.348. The molecule has 0 spiro atoms. The molecule has 0 amide bonds. The summed E-state index contributed by atoms with van der Waals surface area (Å²) in [6, 6.07) is 0. The predicted molar refractivity (Wildman–Crippen MR) is 84.7 cm³/mol. The SMILES string of the molecule is CCOCCOCCNCOCCOCCNC(C)(C)C. The van der Waals surface area contributed by atoms with Crippen LogP contribution in [0.2, 0.25) is 0 Å². The Morgan fingerprint density at radius 2 is 1.29 bits per heavy atom. The van der Waals surface area contributed by atoms with Gasteiger partial charge >= 0.3 is 0 Å². The third-order valence-corrected chi connectivity index (χ3v) is 2.48. The van der Waals surface area contributed by atoms with Gasteiger partial charge in [0.25, 0.3) is 0 Å². The van der Waals surface area contributed by atoms with Crippen molar-refractivity contribution in [1.29, 1.82) is 0 Å². The van der Waals surface area contributed by atoms with Gasteiger partial charge in [-0.3, -0.25) is 5.32 Å². The fourth-order valence-corrected chi connectivity index (χ4v) is 1.44. The minimum absolute atomic E-state index is 0.147. The molecule has 2 N–H and O–H groups in total. The highest BCUT2D eigenvalue weighted by atomic mass is 16.5. The van der Waals surface area contributed by atoms with Gasteiger partial charge < -0.3 is 24.3 Å². The monoisotopic (exact) mass is 306 g/mol. The number of rotatable bonds is 15. The molecule has 0 radical (unpaired) electrons. The predicted octanol–water partition coefficient (Wildman–Crippen LogP) is 1.01. The topological polar surface area (TPSA) is 61.0 Å². The largest absolute Gasteiger partial charge is 0.379 e. The Bertz CT molecular complexity index is 210. The summed E-state index contributed by atoms with van der Waals surface area (Å²) < 4.78 is 21.4. The maximum absolute atomic E-state index is 5.46. The molecule has 6 nitrogen and oxygen atoms in total. The molecule has 0 unspecified atom stereocenters. The van der Waals surface area contributed by atoms with Crippen LogP contribution in [0.15, 0.2) is 0 Å². The maximum atomic E-state index is 5.46. The highest BCUT2D eigenvalue weighted by molar-refractivity contribution is 4.69. The van der Waals surface area contributed by atoms with E-state index in [1.165, 1.54) is 0 Å². The summed E-state index contributed by atoms with van der Waals surface area (Å²) in [7, 11) is 0. The van der Waals surface area contributed by atoms with Crippen molar-refractivity contribution in [2.24, 2.45) is 0 Å². The molecule has 0 aromatic heterocycles. The van der Waals surface area contributed by atoms with Gasteiger partial charge in [0.05, 0.1) is 46.4 Å². The molecular formula is C15H34N2O4. The second-order valence-electron chi connectivity index (χ2n) is 5.65. The first-order valence-electron chi connectivity index (χ1n) is 7.83.